The van der Waals surface area contributed by atoms with Gasteiger partial charge in [-0.05, 0) is 12.8 Å². The third-order valence-corrected chi connectivity index (χ3v) is 2.17. The van der Waals surface area contributed by atoms with Crippen LogP contribution in [0.4, 0.5) is 0 Å². The molecule has 80 valence electrons. The molecule has 3 heteroatoms. The van der Waals surface area contributed by atoms with Crippen molar-refractivity contribution in [2.24, 2.45) is 0 Å². The predicted octanol–water partition coefficient (Wildman–Crippen LogP) is 3.55. The first-order chi connectivity index (χ1) is 6.35. The molecule has 0 amide bonds. The summed E-state index contributed by atoms with van der Waals surface area (Å²) < 4.78 is 0. The maximum absolute atomic E-state index is 8.14. The maximum atomic E-state index is 8.14. The summed E-state index contributed by atoms with van der Waals surface area (Å²) in [4.78, 5) is 4.72. The van der Waals surface area contributed by atoms with E-state index in [4.69, 9.17) is 10.1 Å². The Kier molecular flexibility index (Phi) is 9.87. The van der Waals surface area contributed by atoms with E-state index in [0.29, 0.717) is 0 Å². The van der Waals surface area contributed by atoms with Crippen molar-refractivity contribution in [1.82, 2.24) is 0 Å². The molecule has 0 radical (unpaired) electrons. The van der Waals surface area contributed by atoms with Gasteiger partial charge in [-0.3, -0.25) is 0 Å². The number of hydrogen-bond donors (Lipinski definition) is 1. The second-order valence-corrected chi connectivity index (χ2v) is 3.43. The van der Waals surface area contributed by atoms with Gasteiger partial charge in [-0.1, -0.05) is 51.0 Å². The Labute approximate surface area is 80.9 Å². The second-order valence-electron chi connectivity index (χ2n) is 3.43. The lowest BCUT2D eigenvalue weighted by molar-refractivity contribution is -0.507. The van der Waals surface area contributed by atoms with E-state index in [2.05, 4.69) is 18.9 Å². The van der Waals surface area contributed by atoms with Crippen molar-refractivity contribution in [3.63, 3.8) is 0 Å². The van der Waals surface area contributed by atoms with Gasteiger partial charge in [-0.2, -0.15) is 0 Å². The number of rotatable bonds is 9. The van der Waals surface area contributed by atoms with Gasteiger partial charge in [-0.15, -0.1) is 0 Å². The van der Waals surface area contributed by atoms with Crippen molar-refractivity contribution < 1.29 is 15.2 Å². The van der Waals surface area contributed by atoms with Gasteiger partial charge in [0.1, 0.15) is 0 Å². The first kappa shape index (κ1) is 12.9. The highest BCUT2D eigenvalue weighted by Crippen LogP contribution is 2.12. The Morgan fingerprint density at radius 2 is 1.77 bits per heavy atom. The summed E-state index contributed by atoms with van der Waals surface area (Å²) in [5.74, 6) is 0. The van der Waals surface area contributed by atoms with Crippen LogP contribution in [-0.4, -0.2) is 11.4 Å². The Morgan fingerprint density at radius 1 is 1.00 bits per heavy atom. The topological polar surface area (TPSA) is 38.7 Å². The Balaban J connectivity index is 3.33. The van der Waals surface area contributed by atoms with Crippen molar-refractivity contribution in [3.05, 3.63) is 0 Å². The van der Waals surface area contributed by atoms with Gasteiger partial charge in [-0.25, -0.2) is 10.1 Å². The van der Waals surface area contributed by atoms with E-state index in [1.807, 2.05) is 0 Å². The molecule has 0 aromatic heterocycles. The van der Waals surface area contributed by atoms with Gasteiger partial charge in [0.25, 0.3) is 0 Å². The predicted molar refractivity (Wildman–Crippen MR) is 52.3 cm³/mol. The van der Waals surface area contributed by atoms with Crippen molar-refractivity contribution in [2.45, 2.75) is 64.9 Å². The molecular weight excluding hydrogens is 168 g/mol. The Morgan fingerprint density at radius 3 is 2.31 bits per heavy atom. The lowest BCUT2D eigenvalue weighted by Gasteiger charge is -2.12. The molecule has 0 fully saturated rings. The standard InChI is InChI=1S/C10H22O3/c1-3-5-6-7-9-10(8-4-2)12-13-11/h10-11H,3-9H2,1-2H3. The highest BCUT2D eigenvalue weighted by atomic mass is 17.5. The van der Waals surface area contributed by atoms with Crippen LogP contribution in [0.5, 0.6) is 0 Å². The molecule has 0 aromatic rings. The van der Waals surface area contributed by atoms with Crippen LogP contribution in [0.15, 0.2) is 0 Å². The van der Waals surface area contributed by atoms with E-state index in [1.165, 1.54) is 19.3 Å². The largest absolute Gasteiger partial charge is 0.221 e. The van der Waals surface area contributed by atoms with Crippen molar-refractivity contribution >= 4 is 0 Å². The number of hydrogen-bond acceptors (Lipinski definition) is 3. The van der Waals surface area contributed by atoms with Gasteiger partial charge >= 0.3 is 0 Å². The summed E-state index contributed by atoms with van der Waals surface area (Å²) in [5, 5.41) is 11.9. The molecule has 0 rings (SSSR count). The fourth-order valence-electron chi connectivity index (χ4n) is 1.42. The molecule has 13 heavy (non-hydrogen) atoms. The fourth-order valence-corrected chi connectivity index (χ4v) is 1.42. The van der Waals surface area contributed by atoms with Crippen LogP contribution in [-0.2, 0) is 9.93 Å². The van der Waals surface area contributed by atoms with E-state index in [1.54, 1.807) is 0 Å². The smallest absolute Gasteiger partial charge is 0.0961 e. The van der Waals surface area contributed by atoms with E-state index in [0.717, 1.165) is 25.7 Å². The summed E-state index contributed by atoms with van der Waals surface area (Å²) in [5.41, 5.74) is 0. The van der Waals surface area contributed by atoms with Gasteiger partial charge in [0.2, 0.25) is 0 Å². The first-order valence-electron chi connectivity index (χ1n) is 5.32. The molecule has 0 aromatic carbocycles. The van der Waals surface area contributed by atoms with E-state index in [9.17, 15) is 0 Å². The van der Waals surface area contributed by atoms with Crippen LogP contribution in [0.25, 0.3) is 0 Å². The average molecular weight is 190 g/mol. The minimum atomic E-state index is 0.0619. The highest BCUT2D eigenvalue weighted by molar-refractivity contribution is 4.55. The normalized spacial score (nSPS) is 13.2. The van der Waals surface area contributed by atoms with Gasteiger partial charge in [0, 0.05) is 0 Å². The van der Waals surface area contributed by atoms with Crippen molar-refractivity contribution in [3.8, 4) is 0 Å². The Bertz CT molecular complexity index is 90.2. The molecule has 0 heterocycles. The molecule has 1 atom stereocenters. The van der Waals surface area contributed by atoms with Crippen molar-refractivity contribution in [1.29, 1.82) is 0 Å². The van der Waals surface area contributed by atoms with Gasteiger partial charge in [0.15, 0.2) is 0 Å². The van der Waals surface area contributed by atoms with Crippen molar-refractivity contribution in [2.75, 3.05) is 0 Å². The van der Waals surface area contributed by atoms with E-state index >= 15 is 0 Å². The molecule has 1 unspecified atom stereocenters. The van der Waals surface area contributed by atoms with Crippen LogP contribution in [0.3, 0.4) is 0 Å². The lowest BCUT2D eigenvalue weighted by Crippen LogP contribution is -2.12. The lowest BCUT2D eigenvalue weighted by atomic mass is 10.1. The molecule has 0 aliphatic heterocycles. The molecule has 0 bridgehead atoms. The van der Waals surface area contributed by atoms with Crippen LogP contribution >= 0.6 is 0 Å². The molecule has 0 spiro atoms. The average Bonchev–Trinajstić information content (AvgIpc) is 2.13. The van der Waals surface area contributed by atoms with Gasteiger partial charge in [0.05, 0.1) is 6.10 Å². The zero-order chi connectivity index (χ0) is 9.94. The van der Waals surface area contributed by atoms with Crippen LogP contribution in [0, 0.1) is 0 Å². The highest BCUT2D eigenvalue weighted by Gasteiger charge is 2.08. The second kappa shape index (κ2) is 9.96. The quantitative estimate of drug-likeness (QED) is 0.343. The summed E-state index contributed by atoms with van der Waals surface area (Å²) >= 11 is 0. The molecular formula is C10H22O3. The monoisotopic (exact) mass is 190 g/mol. The van der Waals surface area contributed by atoms with Crippen LogP contribution in [0.2, 0.25) is 0 Å². The third-order valence-electron chi connectivity index (χ3n) is 2.17. The van der Waals surface area contributed by atoms with Gasteiger partial charge < -0.3 is 0 Å². The number of unbranched alkanes of at least 4 members (excludes halogenated alkanes) is 3. The Hall–Kier alpha value is -0.120. The molecule has 1 N–H and O–H groups in total. The summed E-state index contributed by atoms with van der Waals surface area (Å²) in [6.07, 6.45) is 7.97. The molecule has 0 aliphatic rings. The molecule has 0 aliphatic carbocycles. The molecule has 0 saturated carbocycles. The molecule has 0 saturated heterocycles. The molecule has 3 nitrogen and oxygen atoms in total. The third kappa shape index (κ3) is 8.22. The van der Waals surface area contributed by atoms with Crippen LogP contribution in [0.1, 0.15) is 58.8 Å². The SMILES string of the molecule is CCCCCCC(CCC)OOO. The minimum Gasteiger partial charge on any atom is -0.221 e. The van der Waals surface area contributed by atoms with Crippen LogP contribution < -0.4 is 0 Å². The first-order valence-corrected chi connectivity index (χ1v) is 5.32. The zero-order valence-corrected chi connectivity index (χ0v) is 8.79. The maximum Gasteiger partial charge on any atom is 0.0961 e. The summed E-state index contributed by atoms with van der Waals surface area (Å²) in [7, 11) is 0. The van der Waals surface area contributed by atoms with E-state index in [-0.39, 0.29) is 6.10 Å². The fraction of sp³-hybridized carbons (Fsp3) is 1.00. The summed E-state index contributed by atoms with van der Waals surface area (Å²) in [6.45, 7) is 4.29. The zero-order valence-electron chi connectivity index (χ0n) is 8.79. The summed E-state index contributed by atoms with van der Waals surface area (Å²) in [6, 6.07) is 0. The minimum absolute atomic E-state index is 0.0619. The van der Waals surface area contributed by atoms with E-state index < -0.39 is 0 Å².